The topological polar surface area (TPSA) is 132 Å². The number of ether oxygens (including phenoxy) is 2. The number of carbonyl (C=O) groups is 3. The first-order valence-electron chi connectivity index (χ1n) is 9.03. The highest BCUT2D eigenvalue weighted by Gasteiger charge is 2.14. The van der Waals surface area contributed by atoms with Gasteiger partial charge in [-0.05, 0) is 62.2 Å². The molecule has 0 aromatic heterocycles. The molecule has 158 valence electrons. The Morgan fingerprint density at radius 1 is 1.00 bits per heavy atom. The monoisotopic (exact) mass is 412 g/mol. The number of nitrogens with two attached hydrogens (primary N) is 1. The van der Waals surface area contributed by atoms with Crippen molar-refractivity contribution in [3.8, 4) is 11.5 Å². The fourth-order valence-corrected chi connectivity index (χ4v) is 2.65. The van der Waals surface area contributed by atoms with Gasteiger partial charge in [-0.1, -0.05) is 6.07 Å². The molecule has 2 aromatic carbocycles. The highest BCUT2D eigenvalue weighted by Crippen LogP contribution is 2.28. The number of amides is 3. The molecule has 30 heavy (non-hydrogen) atoms. The second kappa shape index (κ2) is 10.1. The van der Waals surface area contributed by atoms with Crippen molar-refractivity contribution in [3.63, 3.8) is 0 Å². The molecule has 0 atom stereocenters. The summed E-state index contributed by atoms with van der Waals surface area (Å²) in [7, 11) is 1.45. The molecule has 0 bridgehead atoms. The van der Waals surface area contributed by atoms with Gasteiger partial charge < -0.3 is 20.5 Å². The first kappa shape index (κ1) is 22.4. The zero-order chi connectivity index (χ0) is 22.3. The lowest BCUT2D eigenvalue weighted by Gasteiger charge is -2.11. The average molecular weight is 412 g/mol. The Morgan fingerprint density at radius 2 is 1.67 bits per heavy atom. The second-order valence-electron chi connectivity index (χ2n) is 6.59. The maximum absolute atomic E-state index is 12.1. The molecule has 0 aliphatic carbocycles. The minimum atomic E-state index is -0.901. The van der Waals surface area contributed by atoms with Crippen molar-refractivity contribution in [2.75, 3.05) is 19.0 Å². The van der Waals surface area contributed by atoms with Gasteiger partial charge in [0.25, 0.3) is 5.91 Å². The normalized spacial score (nSPS) is 10.9. The number of nitrogens with one attached hydrogen (secondary N) is 2. The zero-order valence-electron chi connectivity index (χ0n) is 17.2. The smallest absolute Gasteiger partial charge is 0.329 e. The molecule has 0 unspecified atom stereocenters. The number of anilines is 1. The van der Waals surface area contributed by atoms with Crippen molar-refractivity contribution in [3.05, 3.63) is 53.1 Å². The molecule has 0 fully saturated rings. The molecule has 4 N–H and O–H groups in total. The van der Waals surface area contributed by atoms with Crippen LogP contribution in [0.2, 0.25) is 0 Å². The van der Waals surface area contributed by atoms with Gasteiger partial charge in [0.05, 0.1) is 12.8 Å². The van der Waals surface area contributed by atoms with Crippen LogP contribution in [-0.4, -0.2) is 37.1 Å². The van der Waals surface area contributed by atoms with Crippen LogP contribution in [0.15, 0.2) is 41.5 Å². The highest BCUT2D eigenvalue weighted by molar-refractivity contribution is 6.39. The summed E-state index contributed by atoms with van der Waals surface area (Å²) in [6.45, 7) is 5.17. The summed E-state index contributed by atoms with van der Waals surface area (Å²) in [6, 6.07) is 10.4. The molecule has 0 radical (unpaired) electrons. The Labute approximate surface area is 174 Å². The number of aryl methyl sites for hydroxylation is 2. The van der Waals surface area contributed by atoms with Gasteiger partial charge in [-0.15, -0.1) is 0 Å². The molecular weight excluding hydrogens is 388 g/mol. The number of rotatable bonds is 7. The minimum Gasteiger partial charge on any atom is -0.493 e. The van der Waals surface area contributed by atoms with Crippen LogP contribution in [0.25, 0.3) is 0 Å². The van der Waals surface area contributed by atoms with Crippen LogP contribution in [-0.2, 0) is 14.4 Å². The van der Waals surface area contributed by atoms with E-state index in [1.54, 1.807) is 37.3 Å². The van der Waals surface area contributed by atoms with Gasteiger partial charge in [0, 0.05) is 11.3 Å². The Morgan fingerprint density at radius 3 is 2.27 bits per heavy atom. The number of carbonyl (C=O) groups excluding carboxylic acids is 3. The molecule has 2 aromatic rings. The molecule has 2 rings (SSSR count). The summed E-state index contributed by atoms with van der Waals surface area (Å²) in [5.41, 5.74) is 10.8. The maximum atomic E-state index is 12.1. The third-order valence-corrected chi connectivity index (χ3v) is 3.96. The Kier molecular flexibility index (Phi) is 7.51. The van der Waals surface area contributed by atoms with Crippen molar-refractivity contribution in [2.24, 2.45) is 10.8 Å². The molecule has 0 saturated heterocycles. The summed E-state index contributed by atoms with van der Waals surface area (Å²) < 4.78 is 10.5. The van der Waals surface area contributed by atoms with E-state index < -0.39 is 17.7 Å². The molecule has 0 saturated carbocycles. The van der Waals surface area contributed by atoms with E-state index in [2.05, 4.69) is 15.8 Å². The Hall–Kier alpha value is -3.88. The Balaban J connectivity index is 2.04. The zero-order valence-corrected chi connectivity index (χ0v) is 17.2. The third-order valence-electron chi connectivity index (χ3n) is 3.96. The van der Waals surface area contributed by atoms with Gasteiger partial charge in [-0.25, -0.2) is 5.43 Å². The van der Waals surface area contributed by atoms with Crippen LogP contribution < -0.4 is 25.9 Å². The van der Waals surface area contributed by atoms with Gasteiger partial charge in [0.1, 0.15) is 0 Å². The number of methoxy groups -OCH3 is 1. The van der Waals surface area contributed by atoms with E-state index in [0.29, 0.717) is 28.5 Å². The molecule has 0 heterocycles. The van der Waals surface area contributed by atoms with Gasteiger partial charge in [0.15, 0.2) is 18.1 Å². The van der Waals surface area contributed by atoms with Crippen LogP contribution in [0.5, 0.6) is 11.5 Å². The average Bonchev–Trinajstić information content (AvgIpc) is 2.69. The summed E-state index contributed by atoms with van der Waals surface area (Å²) in [6.07, 6.45) is 0. The van der Waals surface area contributed by atoms with Crippen molar-refractivity contribution in [1.82, 2.24) is 5.43 Å². The predicted molar refractivity (Wildman–Crippen MR) is 113 cm³/mol. The van der Waals surface area contributed by atoms with Crippen LogP contribution in [0.3, 0.4) is 0 Å². The third kappa shape index (κ3) is 6.33. The summed E-state index contributed by atoms with van der Waals surface area (Å²) in [5.74, 6) is -1.64. The molecule has 0 aliphatic heterocycles. The number of benzene rings is 2. The number of hydrogen-bond acceptors (Lipinski definition) is 6. The molecule has 9 nitrogen and oxygen atoms in total. The van der Waals surface area contributed by atoms with Crippen molar-refractivity contribution >= 4 is 29.1 Å². The lowest BCUT2D eigenvalue weighted by Crippen LogP contribution is -2.33. The lowest BCUT2D eigenvalue weighted by molar-refractivity contribution is -0.136. The first-order valence-corrected chi connectivity index (χ1v) is 9.03. The number of nitrogens with zero attached hydrogens (tertiary/aromatic N) is 1. The minimum absolute atomic E-state index is 0.283. The number of primary amides is 1. The lowest BCUT2D eigenvalue weighted by atomic mass is 10.1. The molecule has 9 heteroatoms. The van der Waals surface area contributed by atoms with Crippen LogP contribution in [0.1, 0.15) is 23.6 Å². The molecule has 3 amide bonds. The van der Waals surface area contributed by atoms with Crippen LogP contribution >= 0.6 is 0 Å². The van der Waals surface area contributed by atoms with Crippen molar-refractivity contribution in [2.45, 2.75) is 20.8 Å². The molecular formula is C21H24N4O5. The van der Waals surface area contributed by atoms with E-state index in [0.717, 1.165) is 11.1 Å². The standard InChI is InChI=1S/C21H24N4O5/c1-12-7-13(2)9-16(8-12)23-20(27)21(28)25-24-14(3)15-5-6-17(18(10-15)29-4)30-11-19(22)26/h5-10H,11H2,1-4H3,(H2,22,26)(H,23,27)(H,25,28)/b24-14+. The highest BCUT2D eigenvalue weighted by atomic mass is 16.5. The SMILES string of the molecule is COc1cc(/C(C)=N/NC(=O)C(=O)Nc2cc(C)cc(C)c2)ccc1OCC(N)=O. The second-order valence-corrected chi connectivity index (χ2v) is 6.59. The van der Waals surface area contributed by atoms with E-state index in [9.17, 15) is 14.4 Å². The van der Waals surface area contributed by atoms with E-state index in [1.807, 2.05) is 19.9 Å². The number of hydrogen-bond donors (Lipinski definition) is 3. The van der Waals surface area contributed by atoms with Gasteiger partial charge in [0.2, 0.25) is 0 Å². The van der Waals surface area contributed by atoms with E-state index in [-0.39, 0.29) is 6.61 Å². The molecule has 0 aliphatic rings. The van der Waals surface area contributed by atoms with E-state index >= 15 is 0 Å². The summed E-state index contributed by atoms with van der Waals surface area (Å²) >= 11 is 0. The summed E-state index contributed by atoms with van der Waals surface area (Å²) in [5, 5.41) is 6.50. The quantitative estimate of drug-likeness (QED) is 0.361. The maximum Gasteiger partial charge on any atom is 0.329 e. The largest absolute Gasteiger partial charge is 0.493 e. The fraction of sp³-hybridized carbons (Fsp3) is 0.238. The van der Waals surface area contributed by atoms with Crippen molar-refractivity contribution in [1.29, 1.82) is 0 Å². The van der Waals surface area contributed by atoms with Crippen LogP contribution in [0.4, 0.5) is 5.69 Å². The van der Waals surface area contributed by atoms with Crippen LogP contribution in [0, 0.1) is 13.8 Å². The van der Waals surface area contributed by atoms with Crippen molar-refractivity contribution < 1.29 is 23.9 Å². The summed E-state index contributed by atoms with van der Waals surface area (Å²) in [4.78, 5) is 35.0. The predicted octanol–water partition coefficient (Wildman–Crippen LogP) is 1.66. The molecule has 0 spiro atoms. The fourth-order valence-electron chi connectivity index (χ4n) is 2.65. The van der Waals surface area contributed by atoms with Gasteiger partial charge in [-0.3, -0.25) is 14.4 Å². The van der Waals surface area contributed by atoms with E-state index in [4.69, 9.17) is 15.2 Å². The van der Waals surface area contributed by atoms with E-state index in [1.165, 1.54) is 7.11 Å². The van der Waals surface area contributed by atoms with Gasteiger partial charge in [-0.2, -0.15) is 5.10 Å². The Bertz CT molecular complexity index is 981. The first-order chi connectivity index (χ1) is 14.2. The number of hydrazone groups is 1. The van der Waals surface area contributed by atoms with Gasteiger partial charge >= 0.3 is 11.8 Å².